The van der Waals surface area contributed by atoms with Crippen molar-refractivity contribution in [2.45, 2.75) is 13.0 Å². The molecule has 0 saturated carbocycles. The van der Waals surface area contributed by atoms with Crippen molar-refractivity contribution in [2.75, 3.05) is 6.54 Å². The molecule has 2 heterocycles. The number of thiazole rings is 1. The van der Waals surface area contributed by atoms with Gasteiger partial charge in [0.05, 0.1) is 23.4 Å². The monoisotopic (exact) mass is 237 g/mol. The molecule has 2 aromatic rings. The number of nitrogens with one attached hydrogen (secondary N) is 1. The fraction of sp³-hybridized carbons (Fsp3) is 0.273. The van der Waals surface area contributed by atoms with Crippen LogP contribution in [0.3, 0.4) is 0 Å². The maximum Gasteiger partial charge on any atom is 0.146 e. The van der Waals surface area contributed by atoms with Crippen LogP contribution in [0.5, 0.6) is 0 Å². The van der Waals surface area contributed by atoms with Crippen molar-refractivity contribution in [1.29, 1.82) is 0 Å². The van der Waals surface area contributed by atoms with Crippen LogP contribution in [0, 0.1) is 5.82 Å². The third-order valence-corrected chi connectivity index (χ3v) is 2.87. The predicted octanol–water partition coefficient (Wildman–Crippen LogP) is 2.38. The highest BCUT2D eigenvalue weighted by Crippen LogP contribution is 2.23. The quantitative estimate of drug-likeness (QED) is 0.887. The maximum absolute atomic E-state index is 13.6. The van der Waals surface area contributed by atoms with Crippen LogP contribution in [-0.2, 0) is 0 Å². The van der Waals surface area contributed by atoms with Crippen LogP contribution in [0.1, 0.15) is 24.2 Å². The number of pyridine rings is 1. The summed E-state index contributed by atoms with van der Waals surface area (Å²) in [6.45, 7) is 2.74. The Labute approximate surface area is 97.4 Å². The van der Waals surface area contributed by atoms with Gasteiger partial charge >= 0.3 is 0 Å². The summed E-state index contributed by atoms with van der Waals surface area (Å²) in [5.74, 6) is -0.304. The van der Waals surface area contributed by atoms with E-state index in [1.54, 1.807) is 17.8 Å². The van der Waals surface area contributed by atoms with E-state index in [0.29, 0.717) is 5.56 Å². The van der Waals surface area contributed by atoms with Crippen LogP contribution in [0.15, 0.2) is 29.4 Å². The van der Waals surface area contributed by atoms with E-state index in [2.05, 4.69) is 15.3 Å². The topological polar surface area (TPSA) is 37.8 Å². The van der Waals surface area contributed by atoms with Crippen molar-refractivity contribution in [2.24, 2.45) is 0 Å². The minimum absolute atomic E-state index is 0.195. The molecule has 2 aromatic heterocycles. The fourth-order valence-corrected chi connectivity index (χ4v) is 2.14. The van der Waals surface area contributed by atoms with Crippen molar-refractivity contribution >= 4 is 11.3 Å². The second-order valence-corrected chi connectivity index (χ2v) is 4.02. The van der Waals surface area contributed by atoms with Crippen LogP contribution < -0.4 is 5.32 Å². The van der Waals surface area contributed by atoms with Gasteiger partial charge in [-0.15, -0.1) is 11.3 Å². The third-order valence-electron chi connectivity index (χ3n) is 2.27. The van der Waals surface area contributed by atoms with Gasteiger partial charge in [0.1, 0.15) is 5.82 Å². The Morgan fingerprint density at radius 3 is 3.06 bits per heavy atom. The first-order valence-corrected chi connectivity index (χ1v) is 5.98. The van der Waals surface area contributed by atoms with Gasteiger partial charge in [-0.05, 0) is 12.6 Å². The molecule has 0 spiro atoms. The van der Waals surface area contributed by atoms with Gasteiger partial charge in [-0.1, -0.05) is 6.92 Å². The lowest BCUT2D eigenvalue weighted by atomic mass is 10.1. The zero-order valence-corrected chi connectivity index (χ0v) is 9.67. The number of halogens is 1. The molecule has 1 N–H and O–H groups in total. The second-order valence-electron chi connectivity index (χ2n) is 3.30. The summed E-state index contributed by atoms with van der Waals surface area (Å²) in [4.78, 5) is 7.97. The third kappa shape index (κ3) is 2.25. The average Bonchev–Trinajstić information content (AvgIpc) is 2.80. The van der Waals surface area contributed by atoms with Crippen molar-refractivity contribution in [3.8, 4) is 0 Å². The molecule has 0 aliphatic heterocycles. The Hall–Kier alpha value is -1.33. The smallest absolute Gasteiger partial charge is 0.146 e. The highest BCUT2D eigenvalue weighted by molar-refractivity contribution is 7.07. The molecule has 0 fully saturated rings. The summed E-state index contributed by atoms with van der Waals surface area (Å²) in [6, 6.07) is 1.49. The molecule has 0 radical (unpaired) electrons. The number of hydrogen-bond donors (Lipinski definition) is 1. The molecule has 5 heteroatoms. The molecule has 3 nitrogen and oxygen atoms in total. The first-order valence-electron chi connectivity index (χ1n) is 5.03. The van der Waals surface area contributed by atoms with Gasteiger partial charge in [0.25, 0.3) is 0 Å². The minimum Gasteiger partial charge on any atom is -0.305 e. The Balaban J connectivity index is 2.37. The minimum atomic E-state index is -0.304. The van der Waals surface area contributed by atoms with Gasteiger partial charge in [0.15, 0.2) is 0 Å². The molecular weight excluding hydrogens is 225 g/mol. The van der Waals surface area contributed by atoms with E-state index in [-0.39, 0.29) is 11.9 Å². The lowest BCUT2D eigenvalue weighted by Gasteiger charge is -2.16. The lowest BCUT2D eigenvalue weighted by molar-refractivity contribution is 0.549. The number of hydrogen-bond acceptors (Lipinski definition) is 4. The molecule has 0 aliphatic rings. The van der Waals surface area contributed by atoms with E-state index in [0.717, 1.165) is 12.2 Å². The summed E-state index contributed by atoms with van der Waals surface area (Å²) >= 11 is 1.51. The summed E-state index contributed by atoms with van der Waals surface area (Å²) in [5.41, 5.74) is 3.18. The highest BCUT2D eigenvalue weighted by Gasteiger charge is 2.18. The predicted molar refractivity (Wildman–Crippen MR) is 61.8 cm³/mol. The van der Waals surface area contributed by atoms with E-state index < -0.39 is 0 Å². The Morgan fingerprint density at radius 2 is 2.44 bits per heavy atom. The summed E-state index contributed by atoms with van der Waals surface area (Å²) < 4.78 is 13.6. The van der Waals surface area contributed by atoms with Crippen LogP contribution in [-0.4, -0.2) is 16.5 Å². The van der Waals surface area contributed by atoms with E-state index in [1.165, 1.54) is 17.5 Å². The summed E-state index contributed by atoms with van der Waals surface area (Å²) in [5, 5.41) is 5.14. The van der Waals surface area contributed by atoms with Crippen molar-refractivity contribution in [1.82, 2.24) is 15.3 Å². The van der Waals surface area contributed by atoms with Crippen LogP contribution in [0.4, 0.5) is 4.39 Å². The van der Waals surface area contributed by atoms with Gasteiger partial charge in [-0.3, -0.25) is 4.98 Å². The maximum atomic E-state index is 13.6. The van der Waals surface area contributed by atoms with Gasteiger partial charge < -0.3 is 5.32 Å². The van der Waals surface area contributed by atoms with Crippen LogP contribution in [0.2, 0.25) is 0 Å². The fourth-order valence-electron chi connectivity index (χ4n) is 1.56. The Bertz CT molecular complexity index is 444. The second kappa shape index (κ2) is 5.14. The first kappa shape index (κ1) is 11.2. The zero-order valence-electron chi connectivity index (χ0n) is 8.85. The Morgan fingerprint density at radius 1 is 1.56 bits per heavy atom. The SMILES string of the molecule is CCNC(c1cscn1)c1ccncc1F. The molecule has 1 unspecified atom stereocenters. The Kier molecular flexibility index (Phi) is 3.58. The lowest BCUT2D eigenvalue weighted by Crippen LogP contribution is -2.23. The standard InChI is InChI=1S/C11H12FN3S/c1-2-14-11(10-6-16-7-15-10)8-3-4-13-5-9(8)12/h3-7,11,14H,2H2,1H3. The molecule has 84 valence electrons. The van der Waals surface area contributed by atoms with Crippen LogP contribution >= 0.6 is 11.3 Å². The molecular formula is C11H12FN3S. The average molecular weight is 237 g/mol. The molecule has 16 heavy (non-hydrogen) atoms. The van der Waals surface area contributed by atoms with Gasteiger partial charge in [0, 0.05) is 17.1 Å². The number of nitrogens with zero attached hydrogens (tertiary/aromatic N) is 2. The molecule has 0 bridgehead atoms. The molecule has 0 amide bonds. The molecule has 0 saturated heterocycles. The molecule has 1 atom stereocenters. The molecule has 0 aliphatic carbocycles. The summed E-state index contributed by atoms with van der Waals surface area (Å²) in [6.07, 6.45) is 2.82. The number of aromatic nitrogens is 2. The van der Waals surface area contributed by atoms with E-state index in [1.807, 2.05) is 12.3 Å². The molecule has 2 rings (SSSR count). The van der Waals surface area contributed by atoms with Gasteiger partial charge in [-0.25, -0.2) is 9.37 Å². The van der Waals surface area contributed by atoms with Gasteiger partial charge in [0.2, 0.25) is 0 Å². The van der Waals surface area contributed by atoms with E-state index >= 15 is 0 Å². The summed E-state index contributed by atoms with van der Waals surface area (Å²) in [7, 11) is 0. The largest absolute Gasteiger partial charge is 0.305 e. The van der Waals surface area contributed by atoms with E-state index in [9.17, 15) is 4.39 Å². The van der Waals surface area contributed by atoms with Crippen molar-refractivity contribution in [3.63, 3.8) is 0 Å². The van der Waals surface area contributed by atoms with Crippen molar-refractivity contribution in [3.05, 3.63) is 46.4 Å². The van der Waals surface area contributed by atoms with Crippen molar-refractivity contribution < 1.29 is 4.39 Å². The van der Waals surface area contributed by atoms with Crippen LogP contribution in [0.25, 0.3) is 0 Å². The van der Waals surface area contributed by atoms with Gasteiger partial charge in [-0.2, -0.15) is 0 Å². The highest BCUT2D eigenvalue weighted by atomic mass is 32.1. The normalized spacial score (nSPS) is 12.6. The zero-order chi connectivity index (χ0) is 11.4. The molecule has 0 aromatic carbocycles. The number of rotatable bonds is 4. The van der Waals surface area contributed by atoms with E-state index in [4.69, 9.17) is 0 Å². The first-order chi connectivity index (χ1) is 7.83.